The van der Waals surface area contributed by atoms with E-state index in [1.807, 2.05) is 25.1 Å². The SMILES string of the molecule is Cc1ccc(-c2ccc3cc(C)ccc3c2)c(C=O)c1. The van der Waals surface area contributed by atoms with Crippen LogP contribution < -0.4 is 0 Å². The fourth-order valence-electron chi connectivity index (χ4n) is 2.58. The fraction of sp³-hybridized carbons (Fsp3) is 0.105. The Morgan fingerprint density at radius 1 is 0.750 bits per heavy atom. The molecule has 0 aromatic heterocycles. The van der Waals surface area contributed by atoms with Crippen LogP contribution >= 0.6 is 0 Å². The number of hydrogen-bond donors (Lipinski definition) is 0. The molecular weight excluding hydrogens is 244 g/mol. The highest BCUT2D eigenvalue weighted by atomic mass is 16.1. The van der Waals surface area contributed by atoms with Crippen LogP contribution in [-0.2, 0) is 0 Å². The van der Waals surface area contributed by atoms with Crippen LogP contribution in [0.1, 0.15) is 21.5 Å². The fourth-order valence-corrected chi connectivity index (χ4v) is 2.58. The predicted molar refractivity (Wildman–Crippen MR) is 84.2 cm³/mol. The number of rotatable bonds is 2. The molecule has 0 bridgehead atoms. The van der Waals surface area contributed by atoms with Crippen molar-refractivity contribution in [2.24, 2.45) is 0 Å². The summed E-state index contributed by atoms with van der Waals surface area (Å²) in [5, 5.41) is 2.43. The molecule has 1 heteroatoms. The maximum absolute atomic E-state index is 11.3. The van der Waals surface area contributed by atoms with E-state index in [4.69, 9.17) is 0 Å². The summed E-state index contributed by atoms with van der Waals surface area (Å²) in [6.07, 6.45) is 0.932. The molecule has 0 radical (unpaired) electrons. The zero-order valence-corrected chi connectivity index (χ0v) is 11.7. The molecular formula is C19H16O. The Hall–Kier alpha value is -2.41. The highest BCUT2D eigenvalue weighted by molar-refractivity contribution is 5.92. The van der Waals surface area contributed by atoms with Crippen molar-refractivity contribution in [3.8, 4) is 11.1 Å². The summed E-state index contributed by atoms with van der Waals surface area (Å²) < 4.78 is 0. The molecule has 0 unspecified atom stereocenters. The lowest BCUT2D eigenvalue weighted by atomic mass is 9.96. The summed E-state index contributed by atoms with van der Waals surface area (Å²) in [5.41, 5.74) is 5.19. The number of benzene rings is 3. The molecule has 0 atom stereocenters. The van der Waals surface area contributed by atoms with Crippen molar-refractivity contribution in [1.29, 1.82) is 0 Å². The molecule has 0 amide bonds. The van der Waals surface area contributed by atoms with Gasteiger partial charge in [-0.2, -0.15) is 0 Å². The van der Waals surface area contributed by atoms with Crippen LogP contribution in [0.15, 0.2) is 54.6 Å². The largest absolute Gasteiger partial charge is 0.298 e. The van der Waals surface area contributed by atoms with Crippen LogP contribution in [0.2, 0.25) is 0 Å². The van der Waals surface area contributed by atoms with Crippen LogP contribution in [-0.4, -0.2) is 6.29 Å². The quantitative estimate of drug-likeness (QED) is 0.597. The predicted octanol–water partition coefficient (Wildman–Crippen LogP) is 4.94. The third kappa shape index (κ3) is 2.23. The maximum atomic E-state index is 11.3. The lowest BCUT2D eigenvalue weighted by Crippen LogP contribution is -1.89. The maximum Gasteiger partial charge on any atom is 0.150 e. The normalized spacial score (nSPS) is 10.7. The number of aldehydes is 1. The zero-order chi connectivity index (χ0) is 14.1. The molecule has 98 valence electrons. The Labute approximate surface area is 118 Å². The highest BCUT2D eigenvalue weighted by Gasteiger charge is 2.06. The Morgan fingerprint density at radius 2 is 1.40 bits per heavy atom. The topological polar surface area (TPSA) is 17.1 Å². The number of fused-ring (bicyclic) bond motifs is 1. The zero-order valence-electron chi connectivity index (χ0n) is 11.7. The molecule has 0 spiro atoms. The molecule has 0 heterocycles. The summed E-state index contributed by atoms with van der Waals surface area (Å²) in [5.74, 6) is 0. The van der Waals surface area contributed by atoms with Gasteiger partial charge in [-0.15, -0.1) is 0 Å². The van der Waals surface area contributed by atoms with Gasteiger partial charge in [0.1, 0.15) is 0 Å². The Kier molecular flexibility index (Phi) is 3.11. The van der Waals surface area contributed by atoms with Crippen LogP contribution in [0.5, 0.6) is 0 Å². The van der Waals surface area contributed by atoms with E-state index in [-0.39, 0.29) is 0 Å². The molecule has 0 fully saturated rings. The van der Waals surface area contributed by atoms with E-state index in [0.29, 0.717) is 0 Å². The van der Waals surface area contributed by atoms with Gasteiger partial charge >= 0.3 is 0 Å². The average Bonchev–Trinajstić information content (AvgIpc) is 2.46. The van der Waals surface area contributed by atoms with Crippen molar-refractivity contribution in [3.63, 3.8) is 0 Å². The van der Waals surface area contributed by atoms with Crippen LogP contribution in [0.4, 0.5) is 0 Å². The summed E-state index contributed by atoms with van der Waals surface area (Å²) >= 11 is 0. The van der Waals surface area contributed by atoms with Gasteiger partial charge in [0.05, 0.1) is 0 Å². The highest BCUT2D eigenvalue weighted by Crippen LogP contribution is 2.27. The first-order valence-corrected chi connectivity index (χ1v) is 6.74. The average molecular weight is 260 g/mol. The Bertz CT molecular complexity index is 800. The number of carbonyl (C=O) groups is 1. The van der Waals surface area contributed by atoms with E-state index in [1.165, 1.54) is 16.3 Å². The Morgan fingerprint density at radius 3 is 2.20 bits per heavy atom. The third-order valence-corrected chi connectivity index (χ3v) is 3.64. The molecule has 3 rings (SSSR count). The minimum Gasteiger partial charge on any atom is -0.298 e. The van der Waals surface area contributed by atoms with Gasteiger partial charge in [0.15, 0.2) is 6.29 Å². The van der Waals surface area contributed by atoms with Crippen molar-refractivity contribution in [2.45, 2.75) is 13.8 Å². The van der Waals surface area contributed by atoms with Gasteiger partial charge in [0, 0.05) is 5.56 Å². The van der Waals surface area contributed by atoms with Gasteiger partial charge in [-0.05, 0) is 47.9 Å². The second-order valence-corrected chi connectivity index (χ2v) is 5.27. The first kappa shape index (κ1) is 12.6. The van der Waals surface area contributed by atoms with E-state index in [9.17, 15) is 4.79 Å². The van der Waals surface area contributed by atoms with Gasteiger partial charge < -0.3 is 0 Å². The van der Waals surface area contributed by atoms with E-state index >= 15 is 0 Å². The summed E-state index contributed by atoms with van der Waals surface area (Å²) in [6.45, 7) is 4.10. The van der Waals surface area contributed by atoms with E-state index in [1.54, 1.807) is 0 Å². The first-order chi connectivity index (χ1) is 9.67. The lowest BCUT2D eigenvalue weighted by Gasteiger charge is -2.08. The minimum absolute atomic E-state index is 0.747. The van der Waals surface area contributed by atoms with E-state index in [0.717, 1.165) is 28.5 Å². The summed E-state index contributed by atoms with van der Waals surface area (Å²) in [4.78, 5) is 11.3. The second kappa shape index (κ2) is 4.93. The van der Waals surface area contributed by atoms with Crippen molar-refractivity contribution < 1.29 is 4.79 Å². The molecule has 3 aromatic rings. The first-order valence-electron chi connectivity index (χ1n) is 6.74. The summed E-state index contributed by atoms with van der Waals surface area (Å²) in [7, 11) is 0. The van der Waals surface area contributed by atoms with Gasteiger partial charge in [0.2, 0.25) is 0 Å². The molecule has 0 saturated heterocycles. The Balaban J connectivity index is 2.19. The lowest BCUT2D eigenvalue weighted by molar-refractivity contribution is 0.112. The number of hydrogen-bond acceptors (Lipinski definition) is 1. The standard InChI is InChI=1S/C19H16O/c1-13-3-5-16-11-17(7-6-15(16)9-13)19-8-4-14(2)10-18(19)12-20/h3-12H,1-2H3. The number of aryl methyl sites for hydroxylation is 2. The van der Waals surface area contributed by atoms with Gasteiger partial charge in [-0.3, -0.25) is 4.79 Å². The molecule has 0 saturated carbocycles. The van der Waals surface area contributed by atoms with Gasteiger partial charge in [-0.25, -0.2) is 0 Å². The van der Waals surface area contributed by atoms with Crippen molar-refractivity contribution in [2.75, 3.05) is 0 Å². The van der Waals surface area contributed by atoms with Crippen molar-refractivity contribution >= 4 is 17.1 Å². The second-order valence-electron chi connectivity index (χ2n) is 5.27. The van der Waals surface area contributed by atoms with Crippen LogP contribution in [0.3, 0.4) is 0 Å². The molecule has 0 aliphatic carbocycles. The molecule has 20 heavy (non-hydrogen) atoms. The molecule has 1 nitrogen and oxygen atoms in total. The smallest absolute Gasteiger partial charge is 0.150 e. The molecule has 0 aliphatic heterocycles. The third-order valence-electron chi connectivity index (χ3n) is 3.64. The minimum atomic E-state index is 0.747. The van der Waals surface area contributed by atoms with Crippen LogP contribution in [0.25, 0.3) is 21.9 Å². The monoisotopic (exact) mass is 260 g/mol. The van der Waals surface area contributed by atoms with E-state index in [2.05, 4.69) is 43.3 Å². The molecule has 0 N–H and O–H groups in total. The van der Waals surface area contributed by atoms with Crippen molar-refractivity contribution in [3.05, 3.63) is 71.3 Å². The van der Waals surface area contributed by atoms with Crippen LogP contribution in [0, 0.1) is 13.8 Å². The number of carbonyl (C=O) groups excluding carboxylic acids is 1. The van der Waals surface area contributed by atoms with Gasteiger partial charge in [-0.1, -0.05) is 53.6 Å². The van der Waals surface area contributed by atoms with Gasteiger partial charge in [0.25, 0.3) is 0 Å². The summed E-state index contributed by atoms with van der Waals surface area (Å²) in [6, 6.07) is 18.8. The van der Waals surface area contributed by atoms with E-state index < -0.39 is 0 Å². The molecule has 0 aliphatic rings. The van der Waals surface area contributed by atoms with Crippen molar-refractivity contribution in [1.82, 2.24) is 0 Å². The molecule has 3 aromatic carbocycles.